The number of benzene rings is 1. The van der Waals surface area contributed by atoms with Gasteiger partial charge in [0.25, 0.3) is 0 Å². The first-order chi connectivity index (χ1) is 10.6. The third-order valence-corrected chi connectivity index (χ3v) is 4.72. The Hall–Kier alpha value is -1.94. The molecule has 0 spiro atoms. The van der Waals surface area contributed by atoms with Crippen molar-refractivity contribution in [2.24, 2.45) is 0 Å². The van der Waals surface area contributed by atoms with Crippen LogP contribution in [0.2, 0.25) is 0 Å². The lowest BCUT2D eigenvalue weighted by atomic mass is 10.1. The second kappa shape index (κ2) is 6.28. The Kier molecular flexibility index (Phi) is 4.76. The fraction of sp³-hybridized carbons (Fsp3) is 0.385. The van der Waals surface area contributed by atoms with Gasteiger partial charge in [0.1, 0.15) is 5.75 Å². The summed E-state index contributed by atoms with van der Waals surface area (Å²) in [4.78, 5) is 3.80. The second-order valence-corrected chi connectivity index (χ2v) is 7.02. The normalized spacial score (nSPS) is 12.8. The first-order valence-corrected chi connectivity index (χ1v) is 8.08. The number of aryl methyl sites for hydroxylation is 1. The Balaban J connectivity index is 2.13. The van der Waals surface area contributed by atoms with Crippen molar-refractivity contribution in [3.8, 4) is 0 Å². The zero-order valence-electron chi connectivity index (χ0n) is 12.3. The van der Waals surface area contributed by atoms with Crippen LogP contribution in [0, 0.1) is 6.92 Å². The molecule has 0 N–H and O–H groups in total. The van der Waals surface area contributed by atoms with Crippen LogP contribution in [0.15, 0.2) is 28.8 Å². The van der Waals surface area contributed by atoms with Crippen molar-refractivity contribution >= 4 is 10.0 Å². The van der Waals surface area contributed by atoms with Crippen molar-refractivity contribution in [1.82, 2.24) is 14.4 Å². The zero-order chi connectivity index (χ0) is 17.3. The average Bonchev–Trinajstić information content (AvgIpc) is 2.82. The zero-order valence-corrected chi connectivity index (χ0v) is 13.1. The molecule has 0 fully saturated rings. The molecule has 0 atom stereocenters. The number of aromatic nitrogens is 2. The van der Waals surface area contributed by atoms with Gasteiger partial charge < -0.3 is 4.52 Å². The van der Waals surface area contributed by atoms with E-state index in [1.54, 1.807) is 0 Å². The topological polar surface area (TPSA) is 76.3 Å². The number of hydrogen-bond acceptors (Lipinski definition) is 5. The van der Waals surface area contributed by atoms with Crippen molar-refractivity contribution in [2.45, 2.75) is 25.4 Å². The molecule has 6 nitrogen and oxygen atoms in total. The SMILES string of the molecule is Cc1nc(CS(=O)(=O)N(C)Cc2cccc(C(F)(F)F)c2)no1. The maximum atomic E-state index is 12.7. The fourth-order valence-electron chi connectivity index (χ4n) is 1.87. The maximum absolute atomic E-state index is 12.7. The molecule has 126 valence electrons. The minimum atomic E-state index is -4.48. The average molecular weight is 349 g/mol. The summed E-state index contributed by atoms with van der Waals surface area (Å²) in [5.74, 6) is -0.256. The van der Waals surface area contributed by atoms with E-state index in [1.807, 2.05) is 0 Å². The first-order valence-electron chi connectivity index (χ1n) is 6.47. The molecule has 0 aliphatic heterocycles. The number of nitrogens with zero attached hydrogens (tertiary/aromatic N) is 3. The highest BCUT2D eigenvalue weighted by Crippen LogP contribution is 2.29. The Morgan fingerprint density at radius 2 is 2.00 bits per heavy atom. The number of alkyl halides is 3. The standard InChI is InChI=1S/C13H14F3N3O3S/c1-9-17-12(18-22-9)8-23(20,21)19(2)7-10-4-3-5-11(6-10)13(14,15)16/h3-6H,7-8H2,1-2H3. The van der Waals surface area contributed by atoms with E-state index in [4.69, 9.17) is 4.52 Å². The van der Waals surface area contributed by atoms with Crippen LogP contribution >= 0.6 is 0 Å². The monoisotopic (exact) mass is 349 g/mol. The van der Waals surface area contributed by atoms with Gasteiger partial charge in [-0.2, -0.15) is 18.2 Å². The van der Waals surface area contributed by atoms with Crippen LogP contribution in [0.5, 0.6) is 0 Å². The van der Waals surface area contributed by atoms with E-state index in [1.165, 1.54) is 26.1 Å². The molecule has 10 heteroatoms. The van der Waals surface area contributed by atoms with Gasteiger partial charge in [0.05, 0.1) is 5.56 Å². The summed E-state index contributed by atoms with van der Waals surface area (Å²) < 4.78 is 68.0. The van der Waals surface area contributed by atoms with Gasteiger partial charge in [-0.05, 0) is 11.6 Å². The molecular formula is C13H14F3N3O3S. The summed E-state index contributed by atoms with van der Waals surface area (Å²) in [6, 6.07) is 4.52. The number of halogens is 3. The molecule has 2 rings (SSSR count). The van der Waals surface area contributed by atoms with Crippen molar-refractivity contribution < 1.29 is 26.1 Å². The van der Waals surface area contributed by atoms with Gasteiger partial charge in [0, 0.05) is 20.5 Å². The van der Waals surface area contributed by atoms with E-state index in [-0.39, 0.29) is 23.8 Å². The molecule has 0 saturated heterocycles. The fourth-order valence-corrected chi connectivity index (χ4v) is 2.88. The van der Waals surface area contributed by atoms with Crippen molar-refractivity contribution in [3.63, 3.8) is 0 Å². The van der Waals surface area contributed by atoms with Crippen LogP contribution in [0.3, 0.4) is 0 Å². The summed E-state index contributed by atoms with van der Waals surface area (Å²) in [6.45, 7) is 1.33. The van der Waals surface area contributed by atoms with Crippen LogP contribution in [0.25, 0.3) is 0 Å². The number of rotatable bonds is 5. The van der Waals surface area contributed by atoms with Crippen molar-refractivity contribution in [2.75, 3.05) is 7.05 Å². The predicted molar refractivity (Wildman–Crippen MR) is 74.6 cm³/mol. The molecule has 1 aromatic carbocycles. The lowest BCUT2D eigenvalue weighted by Gasteiger charge is -2.17. The lowest BCUT2D eigenvalue weighted by Crippen LogP contribution is -2.28. The number of sulfonamides is 1. The Morgan fingerprint density at radius 1 is 1.30 bits per heavy atom. The van der Waals surface area contributed by atoms with Crippen molar-refractivity contribution in [1.29, 1.82) is 0 Å². The summed E-state index contributed by atoms with van der Waals surface area (Å²) in [7, 11) is -2.50. The van der Waals surface area contributed by atoms with Gasteiger partial charge in [0.2, 0.25) is 15.9 Å². The lowest BCUT2D eigenvalue weighted by molar-refractivity contribution is -0.137. The highest BCUT2D eigenvalue weighted by atomic mass is 32.2. The molecule has 1 aromatic heterocycles. The van der Waals surface area contributed by atoms with E-state index in [9.17, 15) is 21.6 Å². The maximum Gasteiger partial charge on any atom is 0.416 e. The van der Waals surface area contributed by atoms with E-state index in [0.29, 0.717) is 0 Å². The molecule has 0 saturated carbocycles. The minimum absolute atomic E-state index is 0.00149. The molecular weight excluding hydrogens is 335 g/mol. The minimum Gasteiger partial charge on any atom is -0.340 e. The summed E-state index contributed by atoms with van der Waals surface area (Å²) in [5, 5.41) is 3.50. The third kappa shape index (κ3) is 4.52. The van der Waals surface area contributed by atoms with Gasteiger partial charge >= 0.3 is 6.18 Å². The molecule has 0 amide bonds. The first kappa shape index (κ1) is 17.4. The van der Waals surface area contributed by atoms with Crippen LogP contribution in [-0.4, -0.2) is 29.9 Å². The molecule has 0 unspecified atom stereocenters. The molecule has 0 aliphatic carbocycles. The summed E-state index contributed by atoms with van der Waals surface area (Å²) >= 11 is 0. The smallest absolute Gasteiger partial charge is 0.340 e. The van der Waals surface area contributed by atoms with Gasteiger partial charge in [-0.3, -0.25) is 0 Å². The quantitative estimate of drug-likeness (QED) is 0.828. The van der Waals surface area contributed by atoms with E-state index >= 15 is 0 Å². The largest absolute Gasteiger partial charge is 0.416 e. The van der Waals surface area contributed by atoms with E-state index < -0.39 is 27.5 Å². The third-order valence-electron chi connectivity index (χ3n) is 3.02. The molecule has 0 aliphatic rings. The summed E-state index contributed by atoms with van der Waals surface area (Å²) in [6.07, 6.45) is -4.48. The highest BCUT2D eigenvalue weighted by Gasteiger charge is 2.30. The Labute approximate surface area is 131 Å². The van der Waals surface area contributed by atoms with E-state index in [2.05, 4.69) is 10.1 Å². The van der Waals surface area contributed by atoms with Crippen LogP contribution in [-0.2, 0) is 28.5 Å². The summed E-state index contributed by atoms with van der Waals surface area (Å²) in [5.41, 5.74) is -0.593. The molecule has 23 heavy (non-hydrogen) atoms. The van der Waals surface area contributed by atoms with Crippen LogP contribution in [0.1, 0.15) is 22.8 Å². The van der Waals surface area contributed by atoms with Gasteiger partial charge in [-0.1, -0.05) is 23.4 Å². The molecule has 2 aromatic rings. The molecule has 0 bridgehead atoms. The van der Waals surface area contributed by atoms with Gasteiger partial charge in [0.15, 0.2) is 5.82 Å². The number of hydrogen-bond donors (Lipinski definition) is 0. The van der Waals surface area contributed by atoms with Crippen LogP contribution in [0.4, 0.5) is 13.2 Å². The molecule has 0 radical (unpaired) electrons. The van der Waals surface area contributed by atoms with E-state index in [0.717, 1.165) is 16.4 Å². The highest BCUT2D eigenvalue weighted by molar-refractivity contribution is 7.88. The Morgan fingerprint density at radius 3 is 2.57 bits per heavy atom. The van der Waals surface area contributed by atoms with Crippen LogP contribution < -0.4 is 0 Å². The van der Waals surface area contributed by atoms with Gasteiger partial charge in [-0.25, -0.2) is 12.7 Å². The second-order valence-electron chi connectivity index (χ2n) is 4.94. The predicted octanol–water partition coefficient (Wildman–Crippen LogP) is 2.36. The van der Waals surface area contributed by atoms with Crippen molar-refractivity contribution in [3.05, 3.63) is 47.1 Å². The van der Waals surface area contributed by atoms with Gasteiger partial charge in [-0.15, -0.1) is 0 Å². The Bertz CT molecular complexity index is 787. The molecule has 1 heterocycles.